The molecule has 0 saturated heterocycles. The highest BCUT2D eigenvalue weighted by Crippen LogP contribution is 2.61. The number of carboxylic acid groups (broad SMARTS) is 1. The number of carbonyl (C=O) groups excluding carboxylic acids is 3. The fourth-order valence-corrected chi connectivity index (χ4v) is 6.17. The summed E-state index contributed by atoms with van der Waals surface area (Å²) < 4.78 is 24.0. The van der Waals surface area contributed by atoms with Crippen LogP contribution in [0.3, 0.4) is 0 Å². The van der Waals surface area contributed by atoms with Crippen LogP contribution >= 0.6 is 73.7 Å². The first-order valence-corrected chi connectivity index (χ1v) is 23.7. The molecule has 0 amide bonds. The van der Waals surface area contributed by atoms with E-state index in [0.29, 0.717) is 32.7 Å². The maximum atomic E-state index is 11.8. The Kier molecular flexibility index (Phi) is 25.5. The molecular formula is C42H47Cl6N4O12P. The van der Waals surface area contributed by atoms with Crippen molar-refractivity contribution in [1.29, 1.82) is 0 Å². The number of hydrogen-bond donors (Lipinski definition) is 5. The second-order valence-electron chi connectivity index (χ2n) is 12.6. The number of rotatable bonds is 6. The Hall–Kier alpha value is -4.90. The molecule has 0 spiro atoms. The van der Waals surface area contributed by atoms with E-state index in [9.17, 15) is 33.6 Å². The monoisotopic (exact) mass is 1040 g/mol. The zero-order chi connectivity index (χ0) is 47.9. The van der Waals surface area contributed by atoms with Crippen LogP contribution in [0.5, 0.6) is 5.75 Å². The number of ether oxygens (including phenoxy) is 3. The highest BCUT2D eigenvalue weighted by molar-refractivity contribution is 8.24. The summed E-state index contributed by atoms with van der Waals surface area (Å²) in [5.41, 5.74) is 3.12. The zero-order valence-electron chi connectivity index (χ0n) is 35.2. The minimum Gasteiger partial charge on any atom is -0.506 e. The molecule has 3 heterocycles. The Morgan fingerprint density at radius 2 is 0.985 bits per heavy atom. The zero-order valence-corrected chi connectivity index (χ0v) is 40.6. The number of carboxylic acids is 1. The Balaban J connectivity index is 0.000000850. The van der Waals surface area contributed by atoms with Crippen molar-refractivity contribution < 1.29 is 48.2 Å². The van der Waals surface area contributed by atoms with Gasteiger partial charge in [-0.25, -0.2) is 19.4 Å². The summed E-state index contributed by atoms with van der Waals surface area (Å²) in [6.07, 6.45) is 0. The number of aromatic amines is 2. The van der Waals surface area contributed by atoms with Crippen molar-refractivity contribution in [3.63, 3.8) is 0 Å². The lowest BCUT2D eigenvalue weighted by Crippen LogP contribution is -2.20. The largest absolute Gasteiger partial charge is 0.506 e. The number of benzene rings is 3. The summed E-state index contributed by atoms with van der Waals surface area (Å²) in [4.78, 5) is 77.0. The first-order valence-electron chi connectivity index (χ1n) is 18.2. The number of carbonyl (C=O) groups is 4. The summed E-state index contributed by atoms with van der Waals surface area (Å²) in [5.74, 6) is -3.24. The average Bonchev–Trinajstić information content (AvgIpc) is 3.16. The molecule has 6 aromatic rings. The van der Waals surface area contributed by atoms with Gasteiger partial charge in [0.15, 0.2) is 5.56 Å². The predicted molar refractivity (Wildman–Crippen MR) is 260 cm³/mol. The molecule has 0 aliphatic heterocycles. The number of aliphatic carboxylic acids is 1. The van der Waals surface area contributed by atoms with Gasteiger partial charge in [0, 0.05) is 28.6 Å². The van der Waals surface area contributed by atoms with Crippen molar-refractivity contribution in [3.05, 3.63) is 124 Å². The van der Waals surface area contributed by atoms with Crippen molar-refractivity contribution in [3.8, 4) is 5.75 Å². The van der Waals surface area contributed by atoms with Crippen LogP contribution in [-0.2, 0) is 23.6 Å². The molecule has 3 aromatic carbocycles. The molecule has 0 aliphatic carbocycles. The molecule has 354 valence electrons. The molecule has 0 atom stereocenters. The lowest BCUT2D eigenvalue weighted by atomic mass is 10.1. The quantitative estimate of drug-likeness (QED) is 0.0449. The maximum Gasteiger partial charge on any atom is 0.347 e. The first-order chi connectivity index (χ1) is 29.4. The van der Waals surface area contributed by atoms with Crippen molar-refractivity contribution in [2.45, 2.75) is 55.9 Å². The van der Waals surface area contributed by atoms with Gasteiger partial charge in [0.1, 0.15) is 22.0 Å². The van der Waals surface area contributed by atoms with E-state index in [0.717, 1.165) is 23.6 Å². The van der Waals surface area contributed by atoms with E-state index >= 15 is 0 Å². The van der Waals surface area contributed by atoms with Crippen LogP contribution < -0.4 is 17.3 Å². The molecule has 23 heteroatoms. The highest BCUT2D eigenvalue weighted by Gasteiger charge is 2.22. The number of esters is 3. The topological polar surface area (TPSA) is 267 Å². The van der Waals surface area contributed by atoms with Gasteiger partial charge in [-0.05, 0) is 112 Å². The van der Waals surface area contributed by atoms with Gasteiger partial charge < -0.3 is 40.5 Å². The summed E-state index contributed by atoms with van der Waals surface area (Å²) in [6, 6.07) is 16.2. The number of nitrogens with zero attached hydrogens (tertiary/aromatic N) is 1. The molecular weight excluding hydrogens is 996 g/mol. The third-order valence-corrected chi connectivity index (χ3v) is 8.78. The van der Waals surface area contributed by atoms with Gasteiger partial charge >= 0.3 is 23.1 Å². The van der Waals surface area contributed by atoms with E-state index in [1.807, 2.05) is 57.2 Å². The molecule has 0 fully saturated rings. The normalized spacial score (nSPS) is 10.1. The summed E-state index contributed by atoms with van der Waals surface area (Å²) >= 11 is 32.2. The molecule has 16 nitrogen and oxygen atoms in total. The molecule has 0 aliphatic rings. The minimum atomic E-state index is -3.22. The number of halogens is 6. The van der Waals surface area contributed by atoms with E-state index in [1.54, 1.807) is 39.0 Å². The Bertz CT molecular complexity index is 2700. The number of hydrogen-bond acceptors (Lipinski definition) is 13. The van der Waals surface area contributed by atoms with Crippen LogP contribution in [0.25, 0.3) is 32.7 Å². The van der Waals surface area contributed by atoms with Crippen LogP contribution in [0.2, 0.25) is 15.2 Å². The van der Waals surface area contributed by atoms with E-state index < -0.39 is 40.2 Å². The van der Waals surface area contributed by atoms with Crippen molar-refractivity contribution in [2.24, 2.45) is 0 Å². The number of aromatic nitrogens is 3. The van der Waals surface area contributed by atoms with E-state index in [1.165, 1.54) is 0 Å². The van der Waals surface area contributed by atoms with Gasteiger partial charge in [0.2, 0.25) is 0 Å². The average molecular weight is 1040 g/mol. The number of nitrogens with one attached hydrogen (secondary N) is 2. The number of H-pyrrole nitrogens is 2. The lowest BCUT2D eigenvalue weighted by Gasteiger charge is -2.09. The van der Waals surface area contributed by atoms with E-state index in [2.05, 4.69) is 48.7 Å². The SMILES string of the molecule is C.CC(=O)O.CCOC(=O)c1c(Cl)c2cc(C)ccc2[nH]c1=O.CCOC(=O)c1c(Cl)nc2ccc(C)cc2c1Cl.CCOC(=O)c1c(O)c2cc(C)ccc2[nH]c1=O.N.O=P(Cl)(Cl)Cl. The Labute approximate surface area is 402 Å². The molecule has 65 heavy (non-hydrogen) atoms. The van der Waals surface area contributed by atoms with Crippen LogP contribution in [0, 0.1) is 20.8 Å². The molecule has 7 N–H and O–H groups in total. The standard InChI is InChI=1S/C13H11Cl2NO2.C13H12ClNO3.C13H13NO4.C2H4O2.CH4.Cl3OP.H3N/c1-3-18-13(17)10-11(14)8-6-7(2)4-5-9(8)16-12(10)15;1-3-18-13(17)10-11(14)8-6-7(2)4-5-9(8)15-12(10)16;1-3-18-13(17)10-11(15)8-6-7(2)4-5-9(8)14-12(10)16;1-2(3)4;;1-5(2,3)4;/h4-6H,3H2,1-2H3;4-6H,3H2,1-2H3,(H,15,16);4-6H,3H2,1-2H3,(H2,14,15,16);1H3,(H,3,4);1H4;;1H3. The third kappa shape index (κ3) is 18.1. The third-order valence-electron chi connectivity index (χ3n) is 7.72. The fraction of sp³-hybridized carbons (Fsp3) is 0.262. The number of pyridine rings is 3. The second-order valence-corrected chi connectivity index (χ2v) is 20.4. The summed E-state index contributed by atoms with van der Waals surface area (Å²) in [6.45, 7) is 12.4. The van der Waals surface area contributed by atoms with Gasteiger partial charge in [-0.15, -0.1) is 0 Å². The van der Waals surface area contributed by atoms with Crippen LogP contribution in [-0.4, -0.2) is 68.9 Å². The van der Waals surface area contributed by atoms with Crippen LogP contribution in [0.4, 0.5) is 0 Å². The number of fused-ring (bicyclic) bond motifs is 3. The van der Waals surface area contributed by atoms with Crippen molar-refractivity contribution in [2.75, 3.05) is 19.8 Å². The molecule has 0 saturated carbocycles. The second kappa shape index (κ2) is 27.5. The van der Waals surface area contributed by atoms with Crippen LogP contribution in [0.15, 0.2) is 64.2 Å². The van der Waals surface area contributed by atoms with Crippen LogP contribution in [0.1, 0.15) is 82.9 Å². The van der Waals surface area contributed by atoms with E-state index in [4.69, 9.17) is 58.9 Å². The van der Waals surface area contributed by atoms with Gasteiger partial charge in [-0.3, -0.25) is 18.9 Å². The highest BCUT2D eigenvalue weighted by atomic mass is 36.0. The van der Waals surface area contributed by atoms with Crippen molar-refractivity contribution >= 4 is 130 Å². The Morgan fingerprint density at radius 3 is 1.43 bits per heavy atom. The summed E-state index contributed by atoms with van der Waals surface area (Å²) in [7, 11) is 0. The fourth-order valence-electron chi connectivity index (χ4n) is 5.22. The molecule has 3 aromatic heterocycles. The molecule has 6 rings (SSSR count). The smallest absolute Gasteiger partial charge is 0.347 e. The maximum absolute atomic E-state index is 11.8. The van der Waals surface area contributed by atoms with Crippen molar-refractivity contribution in [1.82, 2.24) is 21.1 Å². The first kappa shape index (κ1) is 60.1. The number of aryl methyl sites for hydroxylation is 3. The van der Waals surface area contributed by atoms with Gasteiger partial charge in [0.05, 0.1) is 40.9 Å². The van der Waals surface area contributed by atoms with Gasteiger partial charge in [0.25, 0.3) is 17.1 Å². The lowest BCUT2D eigenvalue weighted by molar-refractivity contribution is -0.134. The summed E-state index contributed by atoms with van der Waals surface area (Å²) in [5, 5.41) is 16.5. The van der Waals surface area contributed by atoms with Gasteiger partial charge in [-0.1, -0.05) is 77.1 Å². The molecule has 0 radical (unpaired) electrons. The van der Waals surface area contributed by atoms with E-state index in [-0.39, 0.29) is 71.0 Å². The number of aromatic hydroxyl groups is 1. The Morgan fingerprint density at radius 1 is 0.646 bits per heavy atom. The molecule has 0 bridgehead atoms. The predicted octanol–water partition coefficient (Wildman–Crippen LogP) is 12.1. The van der Waals surface area contributed by atoms with Gasteiger partial charge in [-0.2, -0.15) is 0 Å². The minimum absolute atomic E-state index is 0. The molecule has 0 unspecified atom stereocenters.